The maximum Gasteiger partial charge on any atom is 0.310 e. The lowest BCUT2D eigenvalue weighted by Gasteiger charge is -2.45. The second-order valence-electron chi connectivity index (χ2n) is 11.3. The first-order chi connectivity index (χ1) is 17.2. The van der Waals surface area contributed by atoms with Gasteiger partial charge in [0.05, 0.1) is 42.7 Å². The largest absolute Gasteiger partial charge is 0.481 e. The van der Waals surface area contributed by atoms with Crippen LogP contribution in [0, 0.1) is 35.5 Å². The molecular formula is C26H40O10. The Morgan fingerprint density at radius 2 is 1.25 bits per heavy atom. The van der Waals surface area contributed by atoms with Gasteiger partial charge >= 0.3 is 17.9 Å². The number of hydrogen-bond acceptors (Lipinski definition) is 8. The Labute approximate surface area is 211 Å². The Kier molecular flexibility index (Phi) is 9.24. The summed E-state index contributed by atoms with van der Waals surface area (Å²) in [5.74, 6) is -4.72. The van der Waals surface area contributed by atoms with Gasteiger partial charge in [-0.05, 0) is 76.0 Å². The molecule has 204 valence electrons. The molecule has 10 unspecified atom stereocenters. The Hall–Kier alpha value is -1.75. The average molecular weight is 513 g/mol. The quantitative estimate of drug-likeness (QED) is 0.216. The maximum absolute atomic E-state index is 13.0. The monoisotopic (exact) mass is 512 g/mol. The third-order valence-electron chi connectivity index (χ3n) is 9.03. The summed E-state index contributed by atoms with van der Waals surface area (Å²) >= 11 is 0. The van der Waals surface area contributed by atoms with Crippen molar-refractivity contribution in [3.63, 3.8) is 0 Å². The molecule has 0 amide bonds. The Morgan fingerprint density at radius 1 is 0.667 bits per heavy atom. The topological polar surface area (TPSA) is 160 Å². The van der Waals surface area contributed by atoms with Crippen LogP contribution in [-0.4, -0.2) is 69.4 Å². The van der Waals surface area contributed by atoms with Crippen molar-refractivity contribution in [2.24, 2.45) is 35.5 Å². The highest BCUT2D eigenvalue weighted by molar-refractivity contribution is 5.81. The van der Waals surface area contributed by atoms with Gasteiger partial charge in [0.15, 0.2) is 0 Å². The van der Waals surface area contributed by atoms with Crippen LogP contribution in [0.25, 0.3) is 0 Å². The zero-order valence-electron chi connectivity index (χ0n) is 20.7. The van der Waals surface area contributed by atoms with Gasteiger partial charge in [-0.15, -0.1) is 0 Å². The van der Waals surface area contributed by atoms with Crippen LogP contribution < -0.4 is 0 Å². The molecule has 4 fully saturated rings. The van der Waals surface area contributed by atoms with Gasteiger partial charge in [0.25, 0.3) is 0 Å². The number of rotatable bonds is 8. The fourth-order valence-corrected chi connectivity index (χ4v) is 7.00. The number of hydrogen-bond donors (Lipinski definition) is 4. The third-order valence-corrected chi connectivity index (χ3v) is 9.03. The van der Waals surface area contributed by atoms with Crippen LogP contribution in [-0.2, 0) is 28.9 Å². The van der Waals surface area contributed by atoms with Gasteiger partial charge in [0.1, 0.15) is 6.10 Å². The average Bonchev–Trinajstić information content (AvgIpc) is 2.85. The van der Waals surface area contributed by atoms with Crippen LogP contribution in [0.15, 0.2) is 0 Å². The molecule has 0 saturated heterocycles. The van der Waals surface area contributed by atoms with Gasteiger partial charge in [-0.2, -0.15) is 0 Å². The van der Waals surface area contributed by atoms with Crippen molar-refractivity contribution in [2.45, 2.75) is 101 Å². The summed E-state index contributed by atoms with van der Waals surface area (Å²) in [6, 6.07) is 0. The van der Waals surface area contributed by atoms with E-state index in [1.54, 1.807) is 0 Å². The number of fused-ring (bicyclic) bond motifs is 1. The summed E-state index contributed by atoms with van der Waals surface area (Å²) in [5, 5.41) is 38.7. The van der Waals surface area contributed by atoms with E-state index in [9.17, 15) is 34.8 Å². The van der Waals surface area contributed by atoms with Gasteiger partial charge < -0.3 is 25.2 Å². The molecule has 0 spiro atoms. The normalized spacial score (nSPS) is 41.2. The second-order valence-corrected chi connectivity index (χ2v) is 11.3. The summed E-state index contributed by atoms with van der Waals surface area (Å²) in [5.41, 5.74) is 0. The molecule has 0 aliphatic heterocycles. The summed E-state index contributed by atoms with van der Waals surface area (Å²) in [6.45, 7) is 0.167. The molecule has 4 saturated carbocycles. The van der Waals surface area contributed by atoms with Crippen molar-refractivity contribution in [1.29, 1.82) is 0 Å². The smallest absolute Gasteiger partial charge is 0.310 e. The zero-order valence-corrected chi connectivity index (χ0v) is 20.7. The second kappa shape index (κ2) is 12.2. The van der Waals surface area contributed by atoms with Crippen LogP contribution in [0.3, 0.4) is 0 Å². The van der Waals surface area contributed by atoms with E-state index in [0.29, 0.717) is 38.5 Å². The predicted octanol–water partition coefficient (Wildman–Crippen LogP) is 2.54. The van der Waals surface area contributed by atoms with Gasteiger partial charge in [-0.25, -0.2) is 9.78 Å². The van der Waals surface area contributed by atoms with E-state index in [-0.39, 0.29) is 49.4 Å². The van der Waals surface area contributed by atoms with E-state index in [2.05, 4.69) is 0 Å². The summed E-state index contributed by atoms with van der Waals surface area (Å²) < 4.78 is 5.95. The number of aliphatic carboxylic acids is 2. The van der Waals surface area contributed by atoms with Crippen molar-refractivity contribution in [3.05, 3.63) is 0 Å². The molecule has 10 atom stereocenters. The van der Waals surface area contributed by atoms with E-state index < -0.39 is 47.9 Å². The Balaban J connectivity index is 1.32. The molecule has 10 nitrogen and oxygen atoms in total. The predicted molar refractivity (Wildman–Crippen MR) is 124 cm³/mol. The number of carboxylic acid groups (broad SMARTS) is 2. The van der Waals surface area contributed by atoms with Gasteiger partial charge in [-0.3, -0.25) is 14.4 Å². The lowest BCUT2D eigenvalue weighted by atomic mass is 9.68. The molecule has 10 heteroatoms. The minimum absolute atomic E-state index is 0.0712. The zero-order chi connectivity index (χ0) is 25.8. The SMILES string of the molecule is O=C(O)C1CC(O)CCC1COOC1CCC(OC(=O)C2CCC(O)CC2C(=O)O)C2CCCCC12. The van der Waals surface area contributed by atoms with Gasteiger partial charge in [0.2, 0.25) is 0 Å². The van der Waals surface area contributed by atoms with E-state index >= 15 is 0 Å². The van der Waals surface area contributed by atoms with E-state index in [1.807, 2.05) is 0 Å². The summed E-state index contributed by atoms with van der Waals surface area (Å²) in [6.07, 6.45) is 5.53. The highest BCUT2D eigenvalue weighted by atomic mass is 17.2. The number of ether oxygens (including phenoxy) is 1. The van der Waals surface area contributed by atoms with Crippen LogP contribution >= 0.6 is 0 Å². The minimum atomic E-state index is -1.07. The molecule has 4 aliphatic rings. The molecule has 0 heterocycles. The molecule has 0 radical (unpaired) electrons. The first-order valence-corrected chi connectivity index (χ1v) is 13.5. The molecule has 4 N–H and O–H groups in total. The van der Waals surface area contributed by atoms with Crippen molar-refractivity contribution in [2.75, 3.05) is 6.61 Å². The van der Waals surface area contributed by atoms with Crippen LogP contribution in [0.5, 0.6) is 0 Å². The van der Waals surface area contributed by atoms with Gasteiger partial charge in [0, 0.05) is 5.92 Å². The van der Waals surface area contributed by atoms with E-state index in [4.69, 9.17) is 14.5 Å². The molecule has 0 aromatic heterocycles. The van der Waals surface area contributed by atoms with Crippen LogP contribution in [0.2, 0.25) is 0 Å². The fraction of sp³-hybridized carbons (Fsp3) is 0.885. The van der Waals surface area contributed by atoms with Crippen LogP contribution in [0.1, 0.15) is 77.0 Å². The lowest BCUT2D eigenvalue weighted by molar-refractivity contribution is -0.352. The first kappa shape index (κ1) is 27.3. The maximum atomic E-state index is 13.0. The number of carbonyl (C=O) groups excluding carboxylic acids is 1. The molecule has 4 rings (SSSR count). The van der Waals surface area contributed by atoms with Crippen LogP contribution in [0.4, 0.5) is 0 Å². The number of carbonyl (C=O) groups is 3. The Morgan fingerprint density at radius 3 is 1.92 bits per heavy atom. The summed E-state index contributed by atoms with van der Waals surface area (Å²) in [7, 11) is 0. The first-order valence-electron chi connectivity index (χ1n) is 13.5. The number of aliphatic hydroxyl groups excluding tert-OH is 2. The molecular weight excluding hydrogens is 472 g/mol. The highest BCUT2D eigenvalue weighted by Gasteiger charge is 2.46. The Bertz CT molecular complexity index is 787. The van der Waals surface area contributed by atoms with Crippen molar-refractivity contribution in [1.82, 2.24) is 0 Å². The van der Waals surface area contributed by atoms with E-state index in [1.165, 1.54) is 0 Å². The number of esters is 1. The molecule has 0 aromatic rings. The molecule has 0 aromatic carbocycles. The standard InChI is InChI=1S/C26H40O10/c27-15-6-5-14(20(11-15)24(29)30)13-34-36-23-10-9-22(17-3-1-2-4-18(17)23)35-26(33)19-8-7-16(28)12-21(19)25(31)32/h14-23,27-28H,1-13H2,(H,29,30)(H,31,32). The number of carboxylic acids is 2. The summed E-state index contributed by atoms with van der Waals surface area (Å²) in [4.78, 5) is 47.7. The molecule has 36 heavy (non-hydrogen) atoms. The minimum Gasteiger partial charge on any atom is -0.481 e. The molecule has 0 bridgehead atoms. The number of aliphatic hydroxyl groups is 2. The lowest BCUT2D eigenvalue weighted by Crippen LogP contribution is -2.47. The third kappa shape index (κ3) is 6.38. The van der Waals surface area contributed by atoms with Crippen molar-refractivity contribution >= 4 is 17.9 Å². The highest BCUT2D eigenvalue weighted by Crippen LogP contribution is 2.44. The fourth-order valence-electron chi connectivity index (χ4n) is 7.00. The van der Waals surface area contributed by atoms with E-state index in [0.717, 1.165) is 25.7 Å². The van der Waals surface area contributed by atoms with Crippen molar-refractivity contribution < 1.29 is 49.3 Å². The van der Waals surface area contributed by atoms with Crippen molar-refractivity contribution in [3.8, 4) is 0 Å². The van der Waals surface area contributed by atoms with Gasteiger partial charge in [-0.1, -0.05) is 12.8 Å². The molecule has 4 aliphatic carbocycles.